The fourth-order valence-corrected chi connectivity index (χ4v) is 1.09. The summed E-state index contributed by atoms with van der Waals surface area (Å²) >= 11 is 0. The predicted octanol–water partition coefficient (Wildman–Crippen LogP) is 1.75. The molecule has 0 bridgehead atoms. The second-order valence-electron chi connectivity index (χ2n) is 4.65. The van der Waals surface area contributed by atoms with Crippen molar-refractivity contribution in [2.45, 2.75) is 39.2 Å². The maximum absolute atomic E-state index is 11.5. The molecule has 0 aliphatic heterocycles. The van der Waals surface area contributed by atoms with Crippen LogP contribution in [0.2, 0.25) is 0 Å². The van der Waals surface area contributed by atoms with Gasteiger partial charge in [-0.05, 0) is 20.8 Å². The molecule has 0 aliphatic rings. The molecule has 0 fully saturated rings. The van der Waals surface area contributed by atoms with Crippen LogP contribution < -0.4 is 0 Å². The van der Waals surface area contributed by atoms with E-state index in [1.165, 1.54) is 4.90 Å². The zero-order valence-electron chi connectivity index (χ0n) is 10.6. The van der Waals surface area contributed by atoms with Crippen molar-refractivity contribution < 1.29 is 14.3 Å². The molecule has 0 saturated carbocycles. The third-order valence-corrected chi connectivity index (χ3v) is 1.79. The van der Waals surface area contributed by atoms with Crippen molar-refractivity contribution in [1.29, 1.82) is 0 Å². The van der Waals surface area contributed by atoms with Crippen LogP contribution >= 0.6 is 0 Å². The molecule has 1 amide bonds. The van der Waals surface area contributed by atoms with E-state index in [9.17, 15) is 9.59 Å². The van der Waals surface area contributed by atoms with Gasteiger partial charge in [0, 0.05) is 20.0 Å². The predicted molar refractivity (Wildman–Crippen MR) is 62.9 cm³/mol. The molecule has 0 atom stereocenters. The lowest BCUT2D eigenvalue weighted by atomic mass is 10.2. The lowest BCUT2D eigenvalue weighted by Crippen LogP contribution is -2.28. The number of rotatable bonds is 5. The van der Waals surface area contributed by atoms with Crippen LogP contribution in [0.3, 0.4) is 0 Å². The van der Waals surface area contributed by atoms with Gasteiger partial charge in [0.1, 0.15) is 5.60 Å². The van der Waals surface area contributed by atoms with Gasteiger partial charge in [0.2, 0.25) is 5.91 Å². The average molecular weight is 227 g/mol. The minimum Gasteiger partial charge on any atom is -0.460 e. The van der Waals surface area contributed by atoms with Gasteiger partial charge >= 0.3 is 5.97 Å². The van der Waals surface area contributed by atoms with Crippen molar-refractivity contribution in [2.24, 2.45) is 0 Å². The van der Waals surface area contributed by atoms with Crippen LogP contribution in [0.1, 0.15) is 33.6 Å². The Balaban J connectivity index is 3.92. The van der Waals surface area contributed by atoms with E-state index in [1.54, 1.807) is 33.9 Å². The molecule has 0 saturated heterocycles. The molecule has 0 rings (SSSR count). The lowest BCUT2D eigenvalue weighted by molar-refractivity contribution is -0.156. The van der Waals surface area contributed by atoms with Crippen molar-refractivity contribution in [1.82, 2.24) is 4.90 Å². The van der Waals surface area contributed by atoms with Crippen LogP contribution in [-0.4, -0.2) is 36.0 Å². The van der Waals surface area contributed by atoms with E-state index >= 15 is 0 Å². The SMILES string of the molecule is C=CCN(C)C(=O)CCC(=O)OC(C)(C)C. The highest BCUT2D eigenvalue weighted by molar-refractivity contribution is 5.81. The van der Waals surface area contributed by atoms with Crippen molar-refractivity contribution in [2.75, 3.05) is 13.6 Å². The van der Waals surface area contributed by atoms with Crippen LogP contribution in [0.4, 0.5) is 0 Å². The number of ether oxygens (including phenoxy) is 1. The van der Waals surface area contributed by atoms with E-state index in [1.807, 2.05) is 0 Å². The van der Waals surface area contributed by atoms with Gasteiger partial charge in [-0.1, -0.05) is 6.08 Å². The van der Waals surface area contributed by atoms with Crippen molar-refractivity contribution >= 4 is 11.9 Å². The number of hydrogen-bond donors (Lipinski definition) is 0. The second-order valence-corrected chi connectivity index (χ2v) is 4.65. The minimum atomic E-state index is -0.493. The summed E-state index contributed by atoms with van der Waals surface area (Å²) in [7, 11) is 1.68. The molecule has 4 nitrogen and oxygen atoms in total. The normalized spacial score (nSPS) is 10.8. The summed E-state index contributed by atoms with van der Waals surface area (Å²) < 4.78 is 5.10. The summed E-state index contributed by atoms with van der Waals surface area (Å²) in [5, 5.41) is 0. The molecule has 0 aliphatic carbocycles. The Kier molecular flexibility index (Phi) is 5.78. The Bertz CT molecular complexity index is 266. The molecule has 0 N–H and O–H groups in total. The lowest BCUT2D eigenvalue weighted by Gasteiger charge is -2.20. The van der Waals surface area contributed by atoms with Gasteiger partial charge in [-0.25, -0.2) is 0 Å². The highest BCUT2D eigenvalue weighted by atomic mass is 16.6. The summed E-state index contributed by atoms with van der Waals surface area (Å²) in [6.07, 6.45) is 1.95. The fourth-order valence-electron chi connectivity index (χ4n) is 1.09. The quantitative estimate of drug-likeness (QED) is 0.531. The van der Waals surface area contributed by atoms with Crippen LogP contribution in [0.15, 0.2) is 12.7 Å². The zero-order chi connectivity index (χ0) is 12.8. The largest absolute Gasteiger partial charge is 0.460 e. The summed E-state index contributed by atoms with van der Waals surface area (Å²) in [6, 6.07) is 0. The number of esters is 1. The molecule has 92 valence electrons. The second kappa shape index (κ2) is 6.30. The molecule has 0 spiro atoms. The highest BCUT2D eigenvalue weighted by Crippen LogP contribution is 2.09. The van der Waals surface area contributed by atoms with Crippen LogP contribution in [0.5, 0.6) is 0 Å². The molecule has 0 radical (unpaired) electrons. The molecule has 0 unspecified atom stereocenters. The topological polar surface area (TPSA) is 46.6 Å². The Hall–Kier alpha value is -1.32. The van der Waals surface area contributed by atoms with E-state index in [0.29, 0.717) is 6.54 Å². The molecule has 0 heterocycles. The maximum atomic E-state index is 11.5. The summed E-state index contributed by atoms with van der Waals surface area (Å²) in [5.41, 5.74) is -0.493. The first kappa shape index (κ1) is 14.7. The molecule has 16 heavy (non-hydrogen) atoms. The summed E-state index contributed by atoms with van der Waals surface area (Å²) in [5.74, 6) is -0.418. The van der Waals surface area contributed by atoms with Crippen LogP contribution in [0, 0.1) is 0 Å². The van der Waals surface area contributed by atoms with E-state index in [0.717, 1.165) is 0 Å². The molecular weight excluding hydrogens is 206 g/mol. The third kappa shape index (κ3) is 7.04. The summed E-state index contributed by atoms with van der Waals surface area (Å²) in [4.78, 5) is 24.3. The standard InChI is InChI=1S/C12H21NO3/c1-6-9-13(5)10(14)7-8-11(15)16-12(2,3)4/h6H,1,7-9H2,2-5H3. The zero-order valence-corrected chi connectivity index (χ0v) is 10.6. The van der Waals surface area contributed by atoms with Crippen LogP contribution in [0.25, 0.3) is 0 Å². The maximum Gasteiger partial charge on any atom is 0.306 e. The van der Waals surface area contributed by atoms with E-state index in [4.69, 9.17) is 4.74 Å². The van der Waals surface area contributed by atoms with Crippen molar-refractivity contribution in [3.8, 4) is 0 Å². The molecule has 4 heteroatoms. The molecular formula is C12H21NO3. The van der Waals surface area contributed by atoms with Crippen molar-refractivity contribution in [3.05, 3.63) is 12.7 Å². The number of nitrogens with zero attached hydrogens (tertiary/aromatic N) is 1. The number of likely N-dealkylation sites (N-methyl/N-ethyl adjacent to an activating group) is 1. The van der Waals surface area contributed by atoms with Crippen LogP contribution in [-0.2, 0) is 14.3 Å². The van der Waals surface area contributed by atoms with Gasteiger partial charge < -0.3 is 9.64 Å². The van der Waals surface area contributed by atoms with Gasteiger partial charge in [0.25, 0.3) is 0 Å². The first-order valence-corrected chi connectivity index (χ1v) is 5.33. The monoisotopic (exact) mass is 227 g/mol. The Morgan fingerprint density at radius 2 is 1.88 bits per heavy atom. The summed E-state index contributed by atoms with van der Waals surface area (Å²) in [6.45, 7) is 9.44. The van der Waals surface area contributed by atoms with Gasteiger partial charge in [0.15, 0.2) is 0 Å². The number of carbonyl (C=O) groups excluding carboxylic acids is 2. The van der Waals surface area contributed by atoms with Gasteiger partial charge in [0.05, 0.1) is 6.42 Å². The van der Waals surface area contributed by atoms with Gasteiger partial charge in [-0.3, -0.25) is 9.59 Å². The Labute approximate surface area is 97.3 Å². The van der Waals surface area contributed by atoms with Crippen molar-refractivity contribution in [3.63, 3.8) is 0 Å². The van der Waals surface area contributed by atoms with E-state index in [2.05, 4.69) is 6.58 Å². The number of hydrogen-bond acceptors (Lipinski definition) is 3. The highest BCUT2D eigenvalue weighted by Gasteiger charge is 2.17. The fraction of sp³-hybridized carbons (Fsp3) is 0.667. The minimum absolute atomic E-state index is 0.0780. The van der Waals surface area contributed by atoms with Gasteiger partial charge in [-0.2, -0.15) is 0 Å². The van der Waals surface area contributed by atoms with Gasteiger partial charge in [-0.15, -0.1) is 6.58 Å². The molecule has 0 aromatic heterocycles. The smallest absolute Gasteiger partial charge is 0.306 e. The van der Waals surface area contributed by atoms with E-state index < -0.39 is 5.60 Å². The molecule has 0 aromatic carbocycles. The molecule has 0 aromatic rings. The first-order chi connectivity index (χ1) is 7.26. The Morgan fingerprint density at radius 3 is 2.31 bits per heavy atom. The third-order valence-electron chi connectivity index (χ3n) is 1.79. The van der Waals surface area contributed by atoms with E-state index in [-0.39, 0.29) is 24.7 Å². The average Bonchev–Trinajstić information content (AvgIpc) is 2.11. The number of carbonyl (C=O) groups is 2. The first-order valence-electron chi connectivity index (χ1n) is 5.33. The number of amides is 1. The Morgan fingerprint density at radius 1 is 1.31 bits per heavy atom.